The Balaban J connectivity index is 3.83. The van der Waals surface area contributed by atoms with Crippen LogP contribution in [0.1, 0.15) is 90.9 Å². The number of unbranched alkanes of at least 4 members (excludes halogenated alkanes) is 8. The predicted octanol–water partition coefficient (Wildman–Crippen LogP) is 3.85. The van der Waals surface area contributed by atoms with Crippen molar-refractivity contribution in [3.63, 3.8) is 0 Å². The third kappa shape index (κ3) is 11.8. The van der Waals surface area contributed by atoms with Crippen molar-refractivity contribution in [2.24, 2.45) is 0 Å². The van der Waals surface area contributed by atoms with Crippen LogP contribution in [0.4, 0.5) is 0 Å². The van der Waals surface area contributed by atoms with Crippen molar-refractivity contribution in [3.8, 4) is 0 Å². The monoisotopic (exact) mass is 327 g/mol. The molecule has 134 valence electrons. The van der Waals surface area contributed by atoms with Crippen LogP contribution >= 0.6 is 0 Å². The molecule has 0 heterocycles. The molecule has 0 aliphatic rings. The number of nitrogens with one attached hydrogen (secondary N) is 1. The molecule has 0 aliphatic carbocycles. The number of carbonyl (C=O) groups is 3. The molecule has 5 heteroatoms. The van der Waals surface area contributed by atoms with Crippen molar-refractivity contribution < 1.29 is 19.5 Å². The highest BCUT2D eigenvalue weighted by atomic mass is 16.4. The number of carboxylic acids is 1. The second-order valence-electron chi connectivity index (χ2n) is 6.15. The van der Waals surface area contributed by atoms with Crippen LogP contribution in [-0.4, -0.2) is 28.8 Å². The van der Waals surface area contributed by atoms with Gasteiger partial charge in [0.1, 0.15) is 6.04 Å². The quantitative estimate of drug-likeness (QED) is 0.353. The minimum atomic E-state index is -1.08. The van der Waals surface area contributed by atoms with Gasteiger partial charge in [0.2, 0.25) is 5.78 Å². The standard InChI is InChI=1S/C18H33NO4/c1-3-5-7-8-9-10-11-12-14-16(20)17(21)19-15(18(22)23)13-6-4-2/h15H,3-14H2,1-2H3,(H,19,21)(H,22,23)/t15-/m0/s1. The van der Waals surface area contributed by atoms with E-state index in [0.717, 1.165) is 19.3 Å². The molecule has 1 amide bonds. The molecule has 0 aliphatic heterocycles. The van der Waals surface area contributed by atoms with Crippen LogP contribution in [0.5, 0.6) is 0 Å². The van der Waals surface area contributed by atoms with Gasteiger partial charge < -0.3 is 10.4 Å². The van der Waals surface area contributed by atoms with Crippen LogP contribution in [0.2, 0.25) is 0 Å². The lowest BCUT2D eigenvalue weighted by Gasteiger charge is -2.13. The van der Waals surface area contributed by atoms with E-state index in [1.807, 2.05) is 6.92 Å². The maximum absolute atomic E-state index is 11.7. The molecule has 23 heavy (non-hydrogen) atoms. The number of Topliss-reactive ketones (excluding diaryl/α,β-unsaturated/α-hetero) is 1. The van der Waals surface area contributed by atoms with Crippen molar-refractivity contribution in [1.29, 1.82) is 0 Å². The molecule has 0 spiro atoms. The largest absolute Gasteiger partial charge is 0.480 e. The minimum Gasteiger partial charge on any atom is -0.480 e. The van der Waals surface area contributed by atoms with Gasteiger partial charge in [0.05, 0.1) is 0 Å². The van der Waals surface area contributed by atoms with E-state index >= 15 is 0 Å². The van der Waals surface area contributed by atoms with Gasteiger partial charge in [-0.25, -0.2) is 4.79 Å². The lowest BCUT2D eigenvalue weighted by Crippen LogP contribution is -2.43. The summed E-state index contributed by atoms with van der Waals surface area (Å²) in [5, 5.41) is 11.4. The lowest BCUT2D eigenvalue weighted by molar-refractivity contribution is -0.144. The Morgan fingerprint density at radius 2 is 1.35 bits per heavy atom. The van der Waals surface area contributed by atoms with Gasteiger partial charge in [0, 0.05) is 6.42 Å². The van der Waals surface area contributed by atoms with Gasteiger partial charge in [0.15, 0.2) is 0 Å². The first-order valence-corrected chi connectivity index (χ1v) is 9.09. The highest BCUT2D eigenvalue weighted by molar-refractivity contribution is 6.36. The molecule has 0 saturated heterocycles. The summed E-state index contributed by atoms with van der Waals surface area (Å²) in [6.07, 6.45) is 11.1. The second kappa shape index (κ2) is 14.2. The van der Waals surface area contributed by atoms with Gasteiger partial charge in [-0.05, 0) is 12.8 Å². The number of carboxylic acid groups (broad SMARTS) is 1. The van der Waals surface area contributed by atoms with E-state index in [1.54, 1.807) is 0 Å². The summed E-state index contributed by atoms with van der Waals surface area (Å²) in [6.45, 7) is 4.14. The maximum atomic E-state index is 11.7. The first kappa shape index (κ1) is 21.6. The highest BCUT2D eigenvalue weighted by Crippen LogP contribution is 2.10. The highest BCUT2D eigenvalue weighted by Gasteiger charge is 2.22. The summed E-state index contributed by atoms with van der Waals surface area (Å²) in [5.74, 6) is -2.33. The molecule has 0 unspecified atom stereocenters. The van der Waals surface area contributed by atoms with E-state index in [-0.39, 0.29) is 6.42 Å². The van der Waals surface area contributed by atoms with Crippen molar-refractivity contribution >= 4 is 17.7 Å². The number of aliphatic carboxylic acids is 1. The molecule has 0 saturated carbocycles. The Morgan fingerprint density at radius 3 is 1.87 bits per heavy atom. The van der Waals surface area contributed by atoms with Gasteiger partial charge >= 0.3 is 5.97 Å². The Bertz CT molecular complexity index is 355. The smallest absolute Gasteiger partial charge is 0.326 e. The molecular weight excluding hydrogens is 294 g/mol. The Kier molecular flexibility index (Phi) is 13.4. The number of carbonyl (C=O) groups excluding carboxylic acids is 2. The van der Waals surface area contributed by atoms with E-state index < -0.39 is 23.7 Å². The van der Waals surface area contributed by atoms with Gasteiger partial charge in [-0.15, -0.1) is 0 Å². The zero-order chi connectivity index (χ0) is 17.5. The molecule has 0 fully saturated rings. The lowest BCUT2D eigenvalue weighted by atomic mass is 10.1. The fourth-order valence-corrected chi connectivity index (χ4v) is 2.44. The number of ketones is 1. The van der Waals surface area contributed by atoms with Gasteiger partial charge in [-0.2, -0.15) is 0 Å². The van der Waals surface area contributed by atoms with Crippen molar-refractivity contribution in [3.05, 3.63) is 0 Å². The summed E-state index contributed by atoms with van der Waals surface area (Å²) in [5.41, 5.74) is 0. The summed E-state index contributed by atoms with van der Waals surface area (Å²) in [7, 11) is 0. The fraction of sp³-hybridized carbons (Fsp3) is 0.833. The van der Waals surface area contributed by atoms with E-state index in [4.69, 9.17) is 5.11 Å². The van der Waals surface area contributed by atoms with Crippen molar-refractivity contribution in [2.45, 2.75) is 96.9 Å². The Morgan fingerprint density at radius 1 is 0.826 bits per heavy atom. The van der Waals surface area contributed by atoms with E-state index in [2.05, 4.69) is 12.2 Å². The number of hydrogen-bond acceptors (Lipinski definition) is 3. The SMILES string of the molecule is CCCCCCCCCCC(=O)C(=O)N[C@@H](CCCC)C(=O)O. The van der Waals surface area contributed by atoms with Crippen LogP contribution in [0.3, 0.4) is 0 Å². The van der Waals surface area contributed by atoms with E-state index in [1.165, 1.54) is 32.1 Å². The summed E-state index contributed by atoms with van der Waals surface area (Å²) >= 11 is 0. The van der Waals surface area contributed by atoms with Crippen LogP contribution < -0.4 is 5.32 Å². The molecule has 0 aromatic heterocycles. The van der Waals surface area contributed by atoms with Gasteiger partial charge in [-0.3, -0.25) is 9.59 Å². The Labute approximate surface area is 140 Å². The molecule has 1 atom stereocenters. The van der Waals surface area contributed by atoms with Gasteiger partial charge in [0.25, 0.3) is 5.91 Å². The summed E-state index contributed by atoms with van der Waals surface area (Å²) < 4.78 is 0. The zero-order valence-electron chi connectivity index (χ0n) is 14.7. The number of amides is 1. The average Bonchev–Trinajstić information content (AvgIpc) is 2.53. The molecule has 0 bridgehead atoms. The third-order valence-electron chi connectivity index (χ3n) is 3.96. The van der Waals surface area contributed by atoms with Crippen molar-refractivity contribution in [1.82, 2.24) is 5.32 Å². The number of hydrogen-bond donors (Lipinski definition) is 2. The normalized spacial score (nSPS) is 11.9. The molecule has 0 aromatic rings. The second-order valence-corrected chi connectivity index (χ2v) is 6.15. The topological polar surface area (TPSA) is 83.5 Å². The molecule has 0 rings (SSSR count). The summed E-state index contributed by atoms with van der Waals surface area (Å²) in [6, 6.07) is -0.954. The Hall–Kier alpha value is -1.39. The van der Waals surface area contributed by atoms with Crippen LogP contribution in [0, 0.1) is 0 Å². The first-order chi connectivity index (χ1) is 11.0. The van der Waals surface area contributed by atoms with Crippen LogP contribution in [-0.2, 0) is 14.4 Å². The summed E-state index contributed by atoms with van der Waals surface area (Å²) in [4.78, 5) is 34.5. The minimum absolute atomic E-state index is 0.209. The fourth-order valence-electron chi connectivity index (χ4n) is 2.44. The zero-order valence-corrected chi connectivity index (χ0v) is 14.7. The number of rotatable bonds is 15. The maximum Gasteiger partial charge on any atom is 0.326 e. The molecular formula is C18H33NO4. The van der Waals surface area contributed by atoms with Crippen molar-refractivity contribution in [2.75, 3.05) is 0 Å². The third-order valence-corrected chi connectivity index (χ3v) is 3.96. The van der Waals surface area contributed by atoms with Crippen LogP contribution in [0.25, 0.3) is 0 Å². The van der Waals surface area contributed by atoms with E-state index in [9.17, 15) is 14.4 Å². The van der Waals surface area contributed by atoms with Crippen LogP contribution in [0.15, 0.2) is 0 Å². The average molecular weight is 327 g/mol. The van der Waals surface area contributed by atoms with E-state index in [0.29, 0.717) is 19.3 Å². The molecule has 0 radical (unpaired) electrons. The predicted molar refractivity (Wildman–Crippen MR) is 91.3 cm³/mol. The molecule has 5 nitrogen and oxygen atoms in total. The van der Waals surface area contributed by atoms with Gasteiger partial charge in [-0.1, -0.05) is 71.6 Å². The first-order valence-electron chi connectivity index (χ1n) is 9.09. The molecule has 2 N–H and O–H groups in total. The molecule has 0 aromatic carbocycles.